The van der Waals surface area contributed by atoms with Crippen molar-refractivity contribution in [2.24, 2.45) is 10.2 Å². The second-order valence-electron chi connectivity index (χ2n) is 6.26. The van der Waals surface area contributed by atoms with Crippen LogP contribution in [0.3, 0.4) is 0 Å². The van der Waals surface area contributed by atoms with Gasteiger partial charge in [-0.3, -0.25) is 0 Å². The van der Waals surface area contributed by atoms with Gasteiger partial charge in [-0.15, -0.1) is 15.3 Å². The van der Waals surface area contributed by atoms with E-state index in [4.69, 9.17) is 0 Å². The van der Waals surface area contributed by atoms with E-state index in [1.807, 2.05) is 0 Å². The van der Waals surface area contributed by atoms with Gasteiger partial charge >= 0.3 is 5.97 Å². The van der Waals surface area contributed by atoms with Gasteiger partial charge in [-0.1, -0.05) is 0 Å². The van der Waals surface area contributed by atoms with E-state index >= 15 is 0 Å². The second kappa shape index (κ2) is 8.43. The van der Waals surface area contributed by atoms with Crippen LogP contribution in [-0.4, -0.2) is 64.8 Å². The molecule has 3 rings (SSSR count). The van der Waals surface area contributed by atoms with Gasteiger partial charge in [-0.05, 0) is 24.6 Å². The predicted octanol–water partition coefficient (Wildman–Crippen LogP) is 1.97. The molecule has 0 saturated heterocycles. The second-order valence-corrected chi connectivity index (χ2v) is 8.25. The van der Waals surface area contributed by atoms with Gasteiger partial charge in [0.2, 0.25) is 0 Å². The summed E-state index contributed by atoms with van der Waals surface area (Å²) in [4.78, 5) is 15.8. The zero-order chi connectivity index (χ0) is 22.8. The number of nitrogens with zero attached hydrogens (tertiary/aromatic N) is 7. The molecular weight excluding hydrogens is 426 g/mol. The van der Waals surface area contributed by atoms with Gasteiger partial charge in [0.05, 0.1) is 6.20 Å². The molecule has 0 aromatic carbocycles. The van der Waals surface area contributed by atoms with Crippen LogP contribution in [-0.2, 0) is 9.84 Å². The Morgan fingerprint density at radius 1 is 1.19 bits per heavy atom. The van der Waals surface area contributed by atoms with Crippen LogP contribution in [0.25, 0.3) is 5.82 Å². The summed E-state index contributed by atoms with van der Waals surface area (Å²) in [6.45, 7) is 1.55. The summed E-state index contributed by atoms with van der Waals surface area (Å²) in [6, 6.07) is 3.18. The highest BCUT2D eigenvalue weighted by atomic mass is 32.2. The first kappa shape index (κ1) is 21.8. The molecule has 0 aliphatic carbocycles. The van der Waals surface area contributed by atoms with Crippen LogP contribution >= 0.6 is 0 Å². The highest BCUT2D eigenvalue weighted by Gasteiger charge is 2.23. The molecular formula is C17H19N9O4S. The zero-order valence-electron chi connectivity index (χ0n) is 17.0. The van der Waals surface area contributed by atoms with Crippen LogP contribution in [0.5, 0.6) is 0 Å². The Bertz CT molecular complexity index is 1270. The summed E-state index contributed by atoms with van der Waals surface area (Å²) < 4.78 is 25.6. The summed E-state index contributed by atoms with van der Waals surface area (Å²) in [7, 11) is -0.566. The van der Waals surface area contributed by atoms with E-state index < -0.39 is 15.8 Å². The van der Waals surface area contributed by atoms with Crippen molar-refractivity contribution in [2.45, 2.75) is 11.8 Å². The lowest BCUT2D eigenvalue weighted by Crippen LogP contribution is -2.09. The number of carbonyl (C=O) groups is 1. The molecule has 3 aromatic heterocycles. The van der Waals surface area contributed by atoms with Crippen LogP contribution < -0.4 is 10.6 Å². The minimum atomic E-state index is -3.70. The van der Waals surface area contributed by atoms with Gasteiger partial charge in [-0.25, -0.2) is 18.2 Å². The fourth-order valence-electron chi connectivity index (χ4n) is 2.79. The average molecular weight is 445 g/mol. The molecule has 0 unspecified atom stereocenters. The van der Waals surface area contributed by atoms with E-state index in [1.54, 1.807) is 33.2 Å². The van der Waals surface area contributed by atoms with Crippen LogP contribution in [0.1, 0.15) is 15.9 Å². The van der Waals surface area contributed by atoms with E-state index in [1.165, 1.54) is 10.9 Å². The van der Waals surface area contributed by atoms with Crippen molar-refractivity contribution in [1.29, 1.82) is 0 Å². The van der Waals surface area contributed by atoms with Crippen LogP contribution in [0.4, 0.5) is 23.1 Å². The van der Waals surface area contributed by atoms with Gasteiger partial charge in [0.25, 0.3) is 0 Å². The zero-order valence-corrected chi connectivity index (χ0v) is 17.8. The number of rotatable bonds is 7. The van der Waals surface area contributed by atoms with Crippen molar-refractivity contribution in [2.75, 3.05) is 31.0 Å². The molecule has 3 N–H and O–H groups in total. The molecule has 14 heteroatoms. The van der Waals surface area contributed by atoms with Gasteiger partial charge in [0.1, 0.15) is 22.0 Å². The summed E-state index contributed by atoms with van der Waals surface area (Å²) in [5.74, 6) is -0.683. The Hall–Kier alpha value is -3.94. The Morgan fingerprint density at radius 3 is 2.45 bits per heavy atom. The molecule has 3 aromatic rings. The number of carboxylic acid groups (broad SMARTS) is 1. The summed E-state index contributed by atoms with van der Waals surface area (Å²) in [5, 5.41) is 35.1. The predicted molar refractivity (Wildman–Crippen MR) is 111 cm³/mol. The molecule has 0 atom stereocenters. The first-order chi connectivity index (χ1) is 14.7. The fraction of sp³-hybridized carbons (Fsp3) is 0.235. The minimum Gasteiger partial charge on any atom is -0.478 e. The highest BCUT2D eigenvalue weighted by Crippen LogP contribution is 2.36. The topological polar surface area (TPSA) is 177 Å². The van der Waals surface area contributed by atoms with Crippen molar-refractivity contribution >= 4 is 38.9 Å². The van der Waals surface area contributed by atoms with Crippen LogP contribution in [0.2, 0.25) is 0 Å². The lowest BCUT2D eigenvalue weighted by atomic mass is 10.1. The first-order valence-electron chi connectivity index (χ1n) is 8.80. The smallest absolute Gasteiger partial charge is 0.339 e. The minimum absolute atomic E-state index is 0.0822. The van der Waals surface area contributed by atoms with Crippen molar-refractivity contribution in [3.63, 3.8) is 0 Å². The molecule has 31 heavy (non-hydrogen) atoms. The molecule has 0 radical (unpaired) electrons. The maximum atomic E-state index is 12.2. The number of sulfone groups is 1. The molecule has 3 heterocycles. The van der Waals surface area contributed by atoms with Gasteiger partial charge < -0.3 is 15.7 Å². The summed E-state index contributed by atoms with van der Waals surface area (Å²) >= 11 is 0. The lowest BCUT2D eigenvalue weighted by molar-refractivity contribution is 0.0697. The number of nitrogens with one attached hydrogen (secondary N) is 2. The van der Waals surface area contributed by atoms with E-state index in [0.717, 1.165) is 12.5 Å². The van der Waals surface area contributed by atoms with Crippen molar-refractivity contribution in [1.82, 2.24) is 25.0 Å². The Morgan fingerprint density at radius 2 is 1.90 bits per heavy atom. The number of aromatic nitrogens is 5. The van der Waals surface area contributed by atoms with Gasteiger partial charge in [0, 0.05) is 26.5 Å². The number of pyridine rings is 1. The molecule has 13 nitrogen and oxygen atoms in total. The van der Waals surface area contributed by atoms with Crippen molar-refractivity contribution < 1.29 is 18.3 Å². The number of hydrogen-bond acceptors (Lipinski definition) is 11. The maximum absolute atomic E-state index is 12.2. The molecule has 0 aliphatic heterocycles. The SMILES string of the molecule is CNc1nc(NC)c(C(=O)O)c(C)c1/N=N/c1c(S(C)(=O)=O)cnn1-c1cccnn1. The van der Waals surface area contributed by atoms with Crippen LogP contribution in [0, 0.1) is 6.92 Å². The van der Waals surface area contributed by atoms with E-state index in [0.29, 0.717) is 0 Å². The van der Waals surface area contributed by atoms with E-state index in [-0.39, 0.29) is 45.0 Å². The van der Waals surface area contributed by atoms with Gasteiger partial charge in [0.15, 0.2) is 27.3 Å². The first-order valence-corrected chi connectivity index (χ1v) is 10.7. The number of carboxylic acids is 1. The third-order valence-electron chi connectivity index (χ3n) is 4.23. The quantitative estimate of drug-likeness (QED) is 0.455. The summed E-state index contributed by atoms with van der Waals surface area (Å²) in [6.07, 6.45) is 3.60. The van der Waals surface area contributed by atoms with E-state index in [9.17, 15) is 18.3 Å². The molecule has 0 aliphatic rings. The Labute approximate surface area is 177 Å². The number of hydrogen-bond donors (Lipinski definition) is 3. The normalized spacial score (nSPS) is 11.6. The lowest BCUT2D eigenvalue weighted by Gasteiger charge is -2.13. The standard InChI is InChI=1S/C17H19N9O4S/c1-9-12(17(27)28)14(18-2)22-15(19-3)13(9)24-25-16-10(31(4,29)30)8-21-26(16)11-6-5-7-20-23-11/h5-8H,1-4H3,(H,27,28)(H2,18,19,22)/b25-24+. The molecule has 162 valence electrons. The molecule has 0 amide bonds. The molecule has 0 saturated carbocycles. The number of anilines is 2. The Balaban J connectivity index is 2.24. The van der Waals surface area contributed by atoms with Crippen molar-refractivity contribution in [3.8, 4) is 5.82 Å². The van der Waals surface area contributed by atoms with Crippen LogP contribution in [0.15, 0.2) is 39.7 Å². The highest BCUT2D eigenvalue weighted by molar-refractivity contribution is 7.90. The molecule has 0 bridgehead atoms. The third-order valence-corrected chi connectivity index (χ3v) is 5.32. The average Bonchev–Trinajstić information content (AvgIpc) is 3.16. The summed E-state index contributed by atoms with van der Waals surface area (Å²) in [5.41, 5.74) is 0.331. The number of aromatic carboxylic acids is 1. The Kier molecular flexibility index (Phi) is 5.92. The van der Waals surface area contributed by atoms with Gasteiger partial charge in [-0.2, -0.15) is 14.9 Å². The molecule has 0 spiro atoms. The maximum Gasteiger partial charge on any atom is 0.339 e. The fourth-order valence-corrected chi connectivity index (χ4v) is 3.48. The largest absolute Gasteiger partial charge is 0.478 e. The van der Waals surface area contributed by atoms with Crippen molar-refractivity contribution in [3.05, 3.63) is 35.7 Å². The molecule has 0 fully saturated rings. The number of azo groups is 1. The monoisotopic (exact) mass is 445 g/mol. The van der Waals surface area contributed by atoms with E-state index in [2.05, 4.69) is 41.1 Å². The third kappa shape index (κ3) is 4.18.